The first-order chi connectivity index (χ1) is 6.58. The van der Waals surface area contributed by atoms with Gasteiger partial charge in [-0.3, -0.25) is 4.79 Å². The van der Waals surface area contributed by atoms with Gasteiger partial charge < -0.3 is 9.84 Å². The molecule has 0 amide bonds. The molecule has 0 aliphatic rings. The van der Waals surface area contributed by atoms with Gasteiger partial charge in [-0.2, -0.15) is 0 Å². The fourth-order valence-corrected chi connectivity index (χ4v) is 2.70. The van der Waals surface area contributed by atoms with Crippen molar-refractivity contribution in [3.63, 3.8) is 0 Å². The molecule has 78 valence electrons. The molecule has 1 rings (SSSR count). The molecule has 0 radical (unpaired) electrons. The second-order valence-corrected chi connectivity index (χ2v) is 5.36. The van der Waals surface area contributed by atoms with Crippen molar-refractivity contribution in [3.05, 3.63) is 5.51 Å². The van der Waals surface area contributed by atoms with E-state index in [1.54, 1.807) is 12.4 Å². The number of ether oxygens (including phenoxy) is 1. The van der Waals surface area contributed by atoms with Crippen LogP contribution in [-0.2, 0) is 9.53 Å². The van der Waals surface area contributed by atoms with Crippen LogP contribution in [-0.4, -0.2) is 39.7 Å². The summed E-state index contributed by atoms with van der Waals surface area (Å²) >= 11 is 2.47. The Morgan fingerprint density at radius 2 is 2.57 bits per heavy atom. The van der Waals surface area contributed by atoms with Crippen molar-refractivity contribution in [1.29, 1.82) is 0 Å². The zero-order valence-electron chi connectivity index (χ0n) is 7.76. The fraction of sp³-hybridized carbons (Fsp3) is 0.571. The Kier molecular flexibility index (Phi) is 3.85. The number of rotatable bonds is 5. The van der Waals surface area contributed by atoms with Crippen LogP contribution in [0.25, 0.3) is 0 Å². The molecule has 0 spiro atoms. The Morgan fingerprint density at radius 3 is 3.00 bits per heavy atom. The lowest BCUT2D eigenvalue weighted by Gasteiger charge is -2.21. The number of carbonyl (C=O) groups is 1. The van der Waals surface area contributed by atoms with Crippen LogP contribution in [0, 0.1) is 0 Å². The largest absolute Gasteiger partial charge is 0.480 e. The van der Waals surface area contributed by atoms with Crippen molar-refractivity contribution < 1.29 is 14.6 Å². The van der Waals surface area contributed by atoms with Crippen molar-refractivity contribution in [3.8, 4) is 0 Å². The Bertz CT molecular complexity index is 304. The van der Waals surface area contributed by atoms with Crippen molar-refractivity contribution in [2.45, 2.75) is 16.0 Å². The second kappa shape index (κ2) is 4.72. The summed E-state index contributed by atoms with van der Waals surface area (Å²) in [7, 11) is 1.47. The first kappa shape index (κ1) is 11.4. The van der Waals surface area contributed by atoms with Gasteiger partial charge in [0.1, 0.15) is 10.3 Å². The van der Waals surface area contributed by atoms with E-state index in [0.717, 1.165) is 11.8 Å². The fourth-order valence-electron chi connectivity index (χ4n) is 0.810. The van der Waals surface area contributed by atoms with Gasteiger partial charge in [0.25, 0.3) is 0 Å². The number of hydrogen-bond acceptors (Lipinski definition) is 6. The molecular formula is C7H10N2O3S2. The number of carboxylic acid groups (broad SMARTS) is 1. The normalized spacial score (nSPS) is 15.0. The van der Waals surface area contributed by atoms with E-state index >= 15 is 0 Å². The number of nitrogens with zero attached hydrogens (tertiary/aromatic N) is 2. The number of carboxylic acids is 1. The number of thioether (sulfide) groups is 1. The van der Waals surface area contributed by atoms with E-state index in [4.69, 9.17) is 9.84 Å². The smallest absolute Gasteiger partial charge is 0.322 e. The summed E-state index contributed by atoms with van der Waals surface area (Å²) in [6, 6.07) is 0. The van der Waals surface area contributed by atoms with Gasteiger partial charge in [0.05, 0.1) is 6.61 Å². The van der Waals surface area contributed by atoms with E-state index in [2.05, 4.69) is 10.2 Å². The number of aliphatic carboxylic acids is 1. The highest BCUT2D eigenvalue weighted by atomic mass is 32.2. The van der Waals surface area contributed by atoms with Crippen molar-refractivity contribution in [1.82, 2.24) is 10.2 Å². The summed E-state index contributed by atoms with van der Waals surface area (Å²) in [5.74, 6) is -0.917. The first-order valence-corrected chi connectivity index (χ1v) is 5.45. The zero-order valence-corrected chi connectivity index (χ0v) is 9.39. The molecule has 5 nitrogen and oxygen atoms in total. The molecule has 7 heteroatoms. The third-order valence-electron chi connectivity index (χ3n) is 1.52. The van der Waals surface area contributed by atoms with Crippen LogP contribution in [0.15, 0.2) is 9.85 Å². The molecule has 0 aromatic carbocycles. The molecule has 1 N–H and O–H groups in total. The maximum Gasteiger partial charge on any atom is 0.322 e. The molecule has 1 atom stereocenters. The maximum atomic E-state index is 11.0. The highest BCUT2D eigenvalue weighted by molar-refractivity contribution is 8.03. The molecule has 0 aliphatic carbocycles. The minimum absolute atomic E-state index is 0.132. The third-order valence-corrected chi connectivity index (χ3v) is 3.55. The molecule has 0 saturated carbocycles. The lowest BCUT2D eigenvalue weighted by molar-refractivity contribution is -0.140. The lowest BCUT2D eigenvalue weighted by Crippen LogP contribution is -2.36. The molecule has 0 bridgehead atoms. The molecule has 1 heterocycles. The molecule has 1 aromatic heterocycles. The summed E-state index contributed by atoms with van der Waals surface area (Å²) in [5.41, 5.74) is 1.57. The monoisotopic (exact) mass is 234 g/mol. The Morgan fingerprint density at radius 1 is 1.86 bits per heavy atom. The highest BCUT2D eigenvalue weighted by Gasteiger charge is 2.35. The van der Waals surface area contributed by atoms with Crippen LogP contribution >= 0.6 is 23.1 Å². The summed E-state index contributed by atoms with van der Waals surface area (Å²) in [6.07, 6.45) is 0. The number of aromatic nitrogens is 2. The van der Waals surface area contributed by atoms with Gasteiger partial charge >= 0.3 is 5.97 Å². The zero-order chi connectivity index (χ0) is 10.6. The standard InChI is InChI=1S/C7H10N2O3S2/c1-7(3-12-2,5(10)11)14-6-9-8-4-13-6/h4H,3H2,1-2H3,(H,10,11). The topological polar surface area (TPSA) is 72.3 Å². The molecule has 1 aromatic rings. The predicted molar refractivity (Wildman–Crippen MR) is 53.7 cm³/mol. The molecule has 14 heavy (non-hydrogen) atoms. The second-order valence-electron chi connectivity index (χ2n) is 2.78. The highest BCUT2D eigenvalue weighted by Crippen LogP contribution is 2.33. The minimum atomic E-state index is -1.01. The van der Waals surface area contributed by atoms with Gasteiger partial charge in [-0.15, -0.1) is 10.2 Å². The first-order valence-electron chi connectivity index (χ1n) is 3.76. The summed E-state index contributed by atoms with van der Waals surface area (Å²) in [6.45, 7) is 1.73. The molecule has 1 unspecified atom stereocenters. The van der Waals surface area contributed by atoms with Crippen molar-refractivity contribution >= 4 is 29.1 Å². The van der Waals surface area contributed by atoms with E-state index in [1.165, 1.54) is 18.4 Å². The number of methoxy groups -OCH3 is 1. The predicted octanol–water partition coefficient (Wildman–Crippen LogP) is 1.12. The van der Waals surface area contributed by atoms with E-state index < -0.39 is 10.7 Å². The number of hydrogen-bond donors (Lipinski definition) is 1. The lowest BCUT2D eigenvalue weighted by atomic mass is 10.2. The Labute approximate surface area is 89.5 Å². The average Bonchev–Trinajstić information content (AvgIpc) is 2.56. The Hall–Kier alpha value is -0.660. The van der Waals surface area contributed by atoms with Gasteiger partial charge in [0.15, 0.2) is 4.34 Å². The summed E-state index contributed by atoms with van der Waals surface area (Å²) in [4.78, 5) is 11.0. The SMILES string of the molecule is COCC(C)(Sc1nncs1)C(=O)O. The minimum Gasteiger partial charge on any atom is -0.480 e. The Balaban J connectivity index is 2.74. The van der Waals surface area contributed by atoms with Crippen molar-refractivity contribution in [2.24, 2.45) is 0 Å². The van der Waals surface area contributed by atoms with E-state index in [1.807, 2.05) is 0 Å². The van der Waals surface area contributed by atoms with E-state index in [0.29, 0.717) is 4.34 Å². The average molecular weight is 234 g/mol. The molecular weight excluding hydrogens is 224 g/mol. The van der Waals surface area contributed by atoms with Gasteiger partial charge in [0, 0.05) is 7.11 Å². The van der Waals surface area contributed by atoms with Gasteiger partial charge in [0.2, 0.25) is 0 Å². The van der Waals surface area contributed by atoms with Crippen LogP contribution in [0.1, 0.15) is 6.92 Å². The van der Waals surface area contributed by atoms with Crippen LogP contribution < -0.4 is 0 Å². The van der Waals surface area contributed by atoms with Gasteiger partial charge in [-0.1, -0.05) is 23.1 Å². The van der Waals surface area contributed by atoms with Crippen LogP contribution in [0.3, 0.4) is 0 Å². The van der Waals surface area contributed by atoms with Gasteiger partial charge in [-0.25, -0.2) is 0 Å². The van der Waals surface area contributed by atoms with E-state index in [9.17, 15) is 4.79 Å². The van der Waals surface area contributed by atoms with E-state index in [-0.39, 0.29) is 6.61 Å². The molecule has 0 fully saturated rings. The van der Waals surface area contributed by atoms with Crippen LogP contribution in [0.4, 0.5) is 0 Å². The van der Waals surface area contributed by atoms with Crippen molar-refractivity contribution in [2.75, 3.05) is 13.7 Å². The quantitative estimate of drug-likeness (QED) is 0.770. The summed E-state index contributed by atoms with van der Waals surface area (Å²) < 4.78 is 4.50. The third kappa shape index (κ3) is 2.66. The van der Waals surface area contributed by atoms with Crippen LogP contribution in [0.5, 0.6) is 0 Å². The summed E-state index contributed by atoms with van der Waals surface area (Å²) in [5, 5.41) is 16.4. The molecule has 0 saturated heterocycles. The molecule has 0 aliphatic heterocycles. The van der Waals surface area contributed by atoms with Gasteiger partial charge in [-0.05, 0) is 6.92 Å². The van der Waals surface area contributed by atoms with Crippen LogP contribution in [0.2, 0.25) is 0 Å². The maximum absolute atomic E-state index is 11.0.